The number of sulfonamides is 1. The normalized spacial score (nSPS) is 12.9. The van der Waals surface area contributed by atoms with Crippen molar-refractivity contribution >= 4 is 51.7 Å². The number of nitrogens with zero attached hydrogens (tertiary/aromatic N) is 1. The lowest BCUT2D eigenvalue weighted by Crippen LogP contribution is -2.41. The van der Waals surface area contributed by atoms with Crippen LogP contribution in [0.1, 0.15) is 18.2 Å². The summed E-state index contributed by atoms with van der Waals surface area (Å²) in [6.07, 6.45) is 4.49. The van der Waals surface area contributed by atoms with Crippen molar-refractivity contribution < 1.29 is 12.8 Å². The van der Waals surface area contributed by atoms with Crippen molar-refractivity contribution in [2.45, 2.75) is 30.0 Å². The van der Waals surface area contributed by atoms with Gasteiger partial charge in [0.2, 0.25) is 10.0 Å². The molecule has 0 radical (unpaired) electrons. The number of thioether (sulfide) groups is 1. The van der Waals surface area contributed by atoms with Crippen LogP contribution >= 0.6 is 35.7 Å². The lowest BCUT2D eigenvalue weighted by atomic mass is 10.2. The molecule has 2 aromatic rings. The molecule has 0 spiro atoms. The van der Waals surface area contributed by atoms with Crippen molar-refractivity contribution in [2.75, 3.05) is 19.3 Å². The van der Waals surface area contributed by atoms with Crippen LogP contribution in [0.25, 0.3) is 0 Å². The van der Waals surface area contributed by atoms with Crippen molar-refractivity contribution in [3.05, 3.63) is 54.0 Å². The Kier molecular flexibility index (Phi) is 10.9. The first-order chi connectivity index (χ1) is 12.9. The SMILES string of the molecule is CSC(C)CNC(=NCc1ccc(S(N)(=O)=O)cc1)NCCc1ccco1.I. The van der Waals surface area contributed by atoms with Gasteiger partial charge in [-0.15, -0.1) is 24.0 Å². The second-order valence-electron chi connectivity index (χ2n) is 6.04. The van der Waals surface area contributed by atoms with E-state index in [2.05, 4.69) is 28.8 Å². The number of nitrogens with two attached hydrogens (primary N) is 1. The van der Waals surface area contributed by atoms with Crippen molar-refractivity contribution in [1.82, 2.24) is 10.6 Å². The van der Waals surface area contributed by atoms with E-state index in [0.29, 0.717) is 24.3 Å². The van der Waals surface area contributed by atoms with Crippen molar-refractivity contribution in [3.63, 3.8) is 0 Å². The van der Waals surface area contributed by atoms with Crippen LogP contribution in [-0.4, -0.2) is 39.0 Å². The Labute approximate surface area is 188 Å². The first kappa shape index (κ1) is 24.8. The molecule has 0 aliphatic carbocycles. The molecular weight excluding hydrogens is 511 g/mol. The van der Waals surface area contributed by atoms with Gasteiger partial charge >= 0.3 is 0 Å². The molecule has 0 saturated carbocycles. The number of primary sulfonamides is 1. The smallest absolute Gasteiger partial charge is 0.238 e. The fourth-order valence-electron chi connectivity index (χ4n) is 2.21. The van der Waals surface area contributed by atoms with Gasteiger partial charge in [-0.2, -0.15) is 11.8 Å². The van der Waals surface area contributed by atoms with Gasteiger partial charge in [-0.05, 0) is 36.1 Å². The topological polar surface area (TPSA) is 110 Å². The van der Waals surface area contributed by atoms with E-state index in [-0.39, 0.29) is 28.9 Å². The molecule has 0 bridgehead atoms. The van der Waals surface area contributed by atoms with Crippen LogP contribution in [0.5, 0.6) is 0 Å². The lowest BCUT2D eigenvalue weighted by molar-refractivity contribution is 0.506. The quantitative estimate of drug-likeness (QED) is 0.257. The molecular formula is C18H27IN4O3S2. The predicted octanol–water partition coefficient (Wildman–Crippen LogP) is 2.57. The Balaban J connectivity index is 0.00000392. The van der Waals surface area contributed by atoms with Crippen LogP contribution in [0.15, 0.2) is 57.0 Å². The molecule has 2 rings (SSSR count). The number of benzene rings is 1. The van der Waals surface area contributed by atoms with Crippen LogP contribution in [0.2, 0.25) is 0 Å². The highest BCUT2D eigenvalue weighted by molar-refractivity contribution is 14.0. The van der Waals surface area contributed by atoms with Crippen molar-refractivity contribution in [2.24, 2.45) is 10.1 Å². The monoisotopic (exact) mass is 538 g/mol. The zero-order valence-corrected chi connectivity index (χ0v) is 19.9. The molecule has 1 unspecified atom stereocenters. The van der Waals surface area contributed by atoms with E-state index >= 15 is 0 Å². The van der Waals surface area contributed by atoms with E-state index in [1.807, 2.05) is 12.1 Å². The fourth-order valence-corrected chi connectivity index (χ4v) is 2.98. The van der Waals surface area contributed by atoms with Crippen molar-refractivity contribution in [1.29, 1.82) is 0 Å². The van der Waals surface area contributed by atoms with Crippen LogP contribution in [0.4, 0.5) is 0 Å². The molecule has 1 aromatic carbocycles. The molecule has 1 aromatic heterocycles. The third-order valence-electron chi connectivity index (χ3n) is 3.87. The molecule has 156 valence electrons. The average Bonchev–Trinajstić information content (AvgIpc) is 3.16. The zero-order chi connectivity index (χ0) is 19.7. The lowest BCUT2D eigenvalue weighted by Gasteiger charge is -2.15. The maximum Gasteiger partial charge on any atom is 0.238 e. The number of hydrogen-bond donors (Lipinski definition) is 3. The van der Waals surface area contributed by atoms with Gasteiger partial charge in [-0.25, -0.2) is 18.5 Å². The van der Waals surface area contributed by atoms with Crippen LogP contribution in [-0.2, 0) is 23.0 Å². The number of guanidine groups is 1. The van der Waals surface area contributed by atoms with E-state index < -0.39 is 10.0 Å². The van der Waals surface area contributed by atoms with Gasteiger partial charge < -0.3 is 15.1 Å². The third-order valence-corrected chi connectivity index (χ3v) is 5.78. The average molecular weight is 538 g/mol. The molecule has 0 aliphatic rings. The van der Waals surface area contributed by atoms with E-state index in [1.165, 1.54) is 12.1 Å². The molecule has 10 heteroatoms. The number of halogens is 1. The third kappa shape index (κ3) is 8.84. The molecule has 0 aliphatic heterocycles. The van der Waals surface area contributed by atoms with Crippen molar-refractivity contribution in [3.8, 4) is 0 Å². The minimum absolute atomic E-state index is 0. The first-order valence-corrected chi connectivity index (χ1v) is 11.4. The largest absolute Gasteiger partial charge is 0.469 e. The molecule has 0 fully saturated rings. The molecule has 28 heavy (non-hydrogen) atoms. The second kappa shape index (κ2) is 12.3. The van der Waals surface area contributed by atoms with Crippen LogP contribution in [0.3, 0.4) is 0 Å². The molecule has 0 amide bonds. The maximum atomic E-state index is 11.3. The highest BCUT2D eigenvalue weighted by Gasteiger charge is 2.07. The number of rotatable bonds is 9. The summed E-state index contributed by atoms with van der Waals surface area (Å²) >= 11 is 1.78. The summed E-state index contributed by atoms with van der Waals surface area (Å²) in [5.74, 6) is 1.62. The Hall–Kier alpha value is -1.24. The summed E-state index contributed by atoms with van der Waals surface area (Å²) in [4.78, 5) is 4.68. The van der Waals surface area contributed by atoms with Gasteiger partial charge in [0.1, 0.15) is 5.76 Å². The van der Waals surface area contributed by atoms with Gasteiger partial charge in [-0.1, -0.05) is 19.1 Å². The molecule has 0 saturated heterocycles. The number of hydrogen-bond acceptors (Lipinski definition) is 5. The van der Waals surface area contributed by atoms with Crippen LogP contribution in [0, 0.1) is 0 Å². The number of nitrogens with one attached hydrogen (secondary N) is 2. The maximum absolute atomic E-state index is 11.3. The second-order valence-corrected chi connectivity index (χ2v) is 8.87. The van der Waals surface area contributed by atoms with E-state index in [4.69, 9.17) is 9.56 Å². The molecule has 1 heterocycles. The summed E-state index contributed by atoms with van der Waals surface area (Å²) in [5, 5.41) is 12.2. The number of furan rings is 1. The first-order valence-electron chi connectivity index (χ1n) is 8.57. The Morgan fingerprint density at radius 2 is 1.96 bits per heavy atom. The van der Waals surface area contributed by atoms with E-state index in [0.717, 1.165) is 24.3 Å². The Morgan fingerprint density at radius 3 is 2.54 bits per heavy atom. The van der Waals surface area contributed by atoms with Gasteiger partial charge in [0.05, 0.1) is 17.7 Å². The minimum Gasteiger partial charge on any atom is -0.469 e. The van der Waals surface area contributed by atoms with E-state index in [9.17, 15) is 8.42 Å². The summed E-state index contributed by atoms with van der Waals surface area (Å²) in [6.45, 7) is 4.05. The fraction of sp³-hybridized carbons (Fsp3) is 0.389. The van der Waals surface area contributed by atoms with Gasteiger partial charge in [0, 0.05) is 24.8 Å². The number of aliphatic imine (C=N–C) groups is 1. The van der Waals surface area contributed by atoms with Gasteiger partial charge in [0.15, 0.2) is 5.96 Å². The Morgan fingerprint density at radius 1 is 1.25 bits per heavy atom. The molecule has 4 N–H and O–H groups in total. The summed E-state index contributed by atoms with van der Waals surface area (Å²) in [5.41, 5.74) is 0.896. The summed E-state index contributed by atoms with van der Waals surface area (Å²) < 4.78 is 28.0. The van der Waals surface area contributed by atoms with Gasteiger partial charge in [-0.3, -0.25) is 0 Å². The minimum atomic E-state index is -3.68. The summed E-state index contributed by atoms with van der Waals surface area (Å²) in [6, 6.07) is 10.2. The highest BCUT2D eigenvalue weighted by atomic mass is 127. The predicted molar refractivity (Wildman–Crippen MR) is 126 cm³/mol. The molecule has 1 atom stereocenters. The van der Waals surface area contributed by atoms with Crippen LogP contribution < -0.4 is 15.8 Å². The standard InChI is InChI=1S/C18H26N4O3S2.HI/c1-14(26-2)12-21-18(20-10-9-16-4-3-11-25-16)22-13-15-5-7-17(8-6-15)27(19,23)24;/h3-8,11,14H,9-10,12-13H2,1-2H3,(H2,19,23,24)(H2,20,21,22);1H. The highest BCUT2D eigenvalue weighted by Crippen LogP contribution is 2.09. The zero-order valence-electron chi connectivity index (χ0n) is 15.9. The van der Waals surface area contributed by atoms with E-state index in [1.54, 1.807) is 30.2 Å². The Bertz CT molecular complexity index is 825. The molecule has 7 nitrogen and oxygen atoms in total. The van der Waals surface area contributed by atoms with Gasteiger partial charge in [0.25, 0.3) is 0 Å². The summed E-state index contributed by atoms with van der Waals surface area (Å²) in [7, 11) is -3.68.